The van der Waals surface area contributed by atoms with Gasteiger partial charge in [-0.15, -0.1) is 0 Å². The summed E-state index contributed by atoms with van der Waals surface area (Å²) in [4.78, 5) is 0. The minimum atomic E-state index is 0. The van der Waals surface area contributed by atoms with Gasteiger partial charge >= 0.3 is 82.5 Å². The predicted octanol–water partition coefficient (Wildman–Crippen LogP) is -3.09. The van der Waals surface area contributed by atoms with E-state index in [2.05, 4.69) is 69.2 Å². The van der Waals surface area contributed by atoms with Crippen LogP contribution in [0.3, 0.4) is 0 Å². The summed E-state index contributed by atoms with van der Waals surface area (Å²) in [6.45, 7) is 22.0. The minimum absolute atomic E-state index is 0. The van der Waals surface area contributed by atoms with Crippen LogP contribution in [-0.4, -0.2) is 0 Å². The first kappa shape index (κ1) is 33.5. The number of hydrogen-bond donors (Lipinski definition) is 0. The molecule has 0 aromatic heterocycles. The molecule has 0 amide bonds. The molecule has 0 aliphatic rings. The molecule has 0 aliphatic carbocycles. The van der Waals surface area contributed by atoms with Crippen molar-refractivity contribution in [2.45, 2.75) is 69.2 Å². The second-order valence-electron chi connectivity index (χ2n) is 6.25. The van der Waals surface area contributed by atoms with E-state index in [-0.39, 0.29) is 107 Å². The van der Waals surface area contributed by atoms with Crippen LogP contribution in [-0.2, 0) is 0 Å². The van der Waals surface area contributed by atoms with Crippen LogP contribution in [0.5, 0.6) is 0 Å². The van der Waals surface area contributed by atoms with Crippen LogP contribution in [0.15, 0.2) is 0 Å². The molecular weight excluding hydrogens is 588 g/mol. The first-order chi connectivity index (χ1) is 9.11. The first-order valence-electron chi connectivity index (χ1n) is 7.50. The molecule has 24 heavy (non-hydrogen) atoms. The molecule has 0 saturated heterocycles. The predicted molar refractivity (Wildman–Crippen MR) is 91.4 cm³/mol. The van der Waals surface area contributed by atoms with Crippen LogP contribution in [0.1, 0.15) is 55.6 Å². The van der Waals surface area contributed by atoms with E-state index in [4.69, 9.17) is 0 Å². The Balaban J connectivity index is -0.000000143. The molecule has 2 rings (SSSR count). The Morgan fingerprint density at radius 1 is 0.458 bits per heavy atom. The van der Waals surface area contributed by atoms with Crippen molar-refractivity contribution in [2.75, 3.05) is 0 Å². The Bertz CT molecular complexity index is 420. The number of halogens is 2. The molecule has 0 nitrogen and oxygen atoms in total. The fraction of sp³-hybridized carbons (Fsp3) is 0.500. The van der Waals surface area contributed by atoms with Gasteiger partial charge in [0.25, 0.3) is 0 Å². The minimum Gasteiger partial charge on any atom is -1.00 e. The molecule has 0 fully saturated rings. The number of rotatable bonds is 0. The van der Waals surface area contributed by atoms with Crippen LogP contribution in [0, 0.1) is 100 Å². The molecular formula is C20H30Cl2KU+. The fourth-order valence-electron chi connectivity index (χ4n) is 2.81. The summed E-state index contributed by atoms with van der Waals surface area (Å²) in [6.07, 6.45) is 0. The maximum atomic E-state index is 2.20. The van der Waals surface area contributed by atoms with Crippen LogP contribution in [0.2, 0.25) is 0 Å². The zero-order chi connectivity index (χ0) is 15.8. The molecule has 0 radical (unpaired) electrons. The SMILES string of the molecule is Cc1c(C)c(C)[c-](C)c1C.Cc1c(C)c(C)[c-](C)c1C.[Cl-].[Cl-].[K+].[U+4]. The average Bonchev–Trinajstić information content (AvgIpc) is 2.71. The molecule has 4 heteroatoms. The third kappa shape index (κ3) is 7.18. The zero-order valence-electron chi connectivity index (χ0n) is 17.3. The molecule has 0 aliphatic heterocycles. The van der Waals surface area contributed by atoms with Crippen molar-refractivity contribution in [1.82, 2.24) is 0 Å². The van der Waals surface area contributed by atoms with Gasteiger partial charge in [0.05, 0.1) is 0 Å². The van der Waals surface area contributed by atoms with Crippen molar-refractivity contribution in [3.63, 3.8) is 0 Å². The maximum Gasteiger partial charge on any atom is 4.00 e. The largest absolute Gasteiger partial charge is 4.00 e. The van der Waals surface area contributed by atoms with E-state index in [0.717, 1.165) is 0 Å². The third-order valence-corrected chi connectivity index (χ3v) is 5.62. The Morgan fingerprint density at radius 3 is 0.625 bits per heavy atom. The topological polar surface area (TPSA) is 0 Å². The van der Waals surface area contributed by atoms with Gasteiger partial charge < -0.3 is 24.8 Å². The summed E-state index contributed by atoms with van der Waals surface area (Å²) in [5, 5.41) is 0. The van der Waals surface area contributed by atoms with Gasteiger partial charge in [0, 0.05) is 0 Å². The van der Waals surface area contributed by atoms with E-state index in [0.29, 0.717) is 0 Å². The molecule has 0 bridgehead atoms. The van der Waals surface area contributed by atoms with Gasteiger partial charge in [-0.25, -0.2) is 0 Å². The van der Waals surface area contributed by atoms with E-state index in [1.54, 1.807) is 0 Å². The van der Waals surface area contributed by atoms with Crippen molar-refractivity contribution in [3.05, 3.63) is 55.6 Å². The monoisotopic (exact) mass is 617 g/mol. The van der Waals surface area contributed by atoms with Gasteiger partial charge in [-0.1, -0.05) is 69.2 Å². The standard InChI is InChI=1S/2C10H15.2ClH.K.U/c2*1-6-7(2)9(4)10(5)8(6)3;;;;/h2*1-5H3;2*1H;;/q2*-1;;;+1;+4/p-2. The second-order valence-corrected chi connectivity index (χ2v) is 6.25. The average molecular weight is 618 g/mol. The first-order valence-corrected chi connectivity index (χ1v) is 7.50. The molecule has 0 spiro atoms. The Labute approximate surface area is 228 Å². The van der Waals surface area contributed by atoms with Crippen molar-refractivity contribution in [1.29, 1.82) is 0 Å². The summed E-state index contributed by atoms with van der Waals surface area (Å²) in [5.74, 6) is 0. The Hall–Kier alpha value is 1.97. The Kier molecular flexibility index (Phi) is 19.6. The van der Waals surface area contributed by atoms with E-state index < -0.39 is 0 Å². The van der Waals surface area contributed by atoms with Gasteiger partial charge in [0.15, 0.2) is 0 Å². The molecule has 0 unspecified atom stereocenters. The summed E-state index contributed by atoms with van der Waals surface area (Å²) in [7, 11) is 0. The smallest absolute Gasteiger partial charge is 1.00 e. The molecule has 2 aromatic carbocycles. The summed E-state index contributed by atoms with van der Waals surface area (Å²) < 4.78 is 0. The van der Waals surface area contributed by atoms with Crippen molar-refractivity contribution < 1.29 is 107 Å². The van der Waals surface area contributed by atoms with Crippen LogP contribution >= 0.6 is 0 Å². The van der Waals surface area contributed by atoms with Crippen LogP contribution in [0.25, 0.3) is 0 Å². The third-order valence-electron chi connectivity index (χ3n) is 5.62. The van der Waals surface area contributed by atoms with Crippen LogP contribution in [0.4, 0.5) is 0 Å². The zero-order valence-corrected chi connectivity index (χ0v) is 26.1. The normalized spacial score (nSPS) is 8.75. The van der Waals surface area contributed by atoms with Gasteiger partial charge in [-0.3, -0.25) is 0 Å². The van der Waals surface area contributed by atoms with Gasteiger partial charge in [0.1, 0.15) is 0 Å². The van der Waals surface area contributed by atoms with Gasteiger partial charge in [-0.05, 0) is 0 Å². The second kappa shape index (κ2) is 14.0. The quantitative estimate of drug-likeness (QED) is 0.217. The van der Waals surface area contributed by atoms with Crippen molar-refractivity contribution in [3.8, 4) is 0 Å². The fourth-order valence-corrected chi connectivity index (χ4v) is 2.81. The Morgan fingerprint density at radius 2 is 0.583 bits per heavy atom. The summed E-state index contributed by atoms with van der Waals surface area (Å²) in [6, 6.07) is 0. The van der Waals surface area contributed by atoms with E-state index in [9.17, 15) is 0 Å². The van der Waals surface area contributed by atoms with E-state index in [1.807, 2.05) is 0 Å². The van der Waals surface area contributed by atoms with E-state index >= 15 is 0 Å². The van der Waals surface area contributed by atoms with Crippen molar-refractivity contribution in [2.24, 2.45) is 0 Å². The molecule has 0 N–H and O–H groups in total. The van der Waals surface area contributed by atoms with Crippen LogP contribution < -0.4 is 76.2 Å². The molecule has 0 atom stereocenters. The summed E-state index contributed by atoms with van der Waals surface area (Å²) >= 11 is 0. The van der Waals surface area contributed by atoms with Gasteiger partial charge in [0.2, 0.25) is 0 Å². The molecule has 2 aromatic rings. The van der Waals surface area contributed by atoms with Gasteiger partial charge in [-0.2, -0.15) is 55.6 Å². The maximum absolute atomic E-state index is 2.20. The molecule has 0 heterocycles. The molecule has 128 valence electrons. The molecule has 0 saturated carbocycles. The van der Waals surface area contributed by atoms with E-state index in [1.165, 1.54) is 55.6 Å². The summed E-state index contributed by atoms with van der Waals surface area (Å²) in [5.41, 5.74) is 14.7. The number of hydrogen-bond acceptors (Lipinski definition) is 0. The van der Waals surface area contributed by atoms with Crippen molar-refractivity contribution >= 4 is 0 Å².